The highest BCUT2D eigenvalue weighted by Crippen LogP contribution is 2.32. The molecule has 1 aliphatic rings. The average molecular weight is 476 g/mol. The third kappa shape index (κ3) is 6.28. The molecule has 0 bridgehead atoms. The van der Waals surface area contributed by atoms with Crippen LogP contribution < -0.4 is 10.6 Å². The van der Waals surface area contributed by atoms with Crippen LogP contribution in [-0.2, 0) is 14.8 Å². The van der Waals surface area contributed by atoms with Gasteiger partial charge in [0.05, 0.1) is 9.82 Å². The highest BCUT2D eigenvalue weighted by Gasteiger charge is 2.29. The molecule has 0 unspecified atom stereocenters. The highest BCUT2D eigenvalue weighted by molar-refractivity contribution is 7.89. The molecule has 33 heavy (non-hydrogen) atoms. The largest absolute Gasteiger partial charge is 0.350 e. The van der Waals surface area contributed by atoms with Gasteiger partial charge >= 0.3 is 0 Å². The average Bonchev–Trinajstić information content (AvgIpc) is 2.75. The summed E-state index contributed by atoms with van der Waals surface area (Å²) < 4.78 is 27.3. The van der Waals surface area contributed by atoms with Crippen LogP contribution in [-0.4, -0.2) is 61.7 Å². The van der Waals surface area contributed by atoms with Gasteiger partial charge in [-0.1, -0.05) is 13.8 Å². The zero-order chi connectivity index (χ0) is 24.2. The second kappa shape index (κ2) is 10.3. The lowest BCUT2D eigenvalue weighted by Crippen LogP contribution is -2.47. The number of nitrogens with one attached hydrogen (secondary N) is 2. The van der Waals surface area contributed by atoms with E-state index in [0.29, 0.717) is 44.0 Å². The van der Waals surface area contributed by atoms with Crippen LogP contribution in [0.1, 0.15) is 20.3 Å². The van der Waals surface area contributed by atoms with Crippen LogP contribution in [0.3, 0.4) is 0 Å². The summed E-state index contributed by atoms with van der Waals surface area (Å²) in [7, 11) is -1.90. The number of sulfonamides is 1. The summed E-state index contributed by atoms with van der Waals surface area (Å²) in [6, 6.07) is 10.6. The minimum absolute atomic E-state index is 0.0847. The van der Waals surface area contributed by atoms with Crippen molar-refractivity contribution in [3.8, 4) is 0 Å². The van der Waals surface area contributed by atoms with E-state index in [1.54, 1.807) is 24.3 Å². The minimum atomic E-state index is -3.82. The second-order valence-corrected chi connectivity index (χ2v) is 10.4. The number of nitro benzene ring substituents is 1. The van der Waals surface area contributed by atoms with Gasteiger partial charge in [-0.15, -0.1) is 0 Å². The molecule has 0 radical (unpaired) electrons. The van der Waals surface area contributed by atoms with Crippen LogP contribution in [0.5, 0.6) is 0 Å². The monoisotopic (exact) mass is 475 g/mol. The summed E-state index contributed by atoms with van der Waals surface area (Å²) in [5.74, 6) is 0.160. The van der Waals surface area contributed by atoms with Crippen molar-refractivity contribution in [1.82, 2.24) is 9.21 Å². The van der Waals surface area contributed by atoms with E-state index in [9.17, 15) is 23.3 Å². The Hall–Kier alpha value is -3.02. The lowest BCUT2D eigenvalue weighted by Gasteiger charge is -2.31. The van der Waals surface area contributed by atoms with E-state index in [2.05, 4.69) is 10.6 Å². The number of hydrogen-bond acceptors (Lipinski definition) is 7. The Kier molecular flexibility index (Phi) is 7.67. The van der Waals surface area contributed by atoms with Gasteiger partial charge in [-0.25, -0.2) is 8.42 Å². The first kappa shape index (κ1) is 24.6. The van der Waals surface area contributed by atoms with Crippen LogP contribution in [0.2, 0.25) is 0 Å². The topological polar surface area (TPSA) is 125 Å². The van der Waals surface area contributed by atoms with Crippen LogP contribution in [0.4, 0.5) is 22.7 Å². The van der Waals surface area contributed by atoms with Gasteiger partial charge in [0.1, 0.15) is 5.69 Å². The fourth-order valence-electron chi connectivity index (χ4n) is 3.48. The summed E-state index contributed by atoms with van der Waals surface area (Å²) in [5, 5.41) is 17.4. The number of benzene rings is 2. The van der Waals surface area contributed by atoms with Crippen LogP contribution >= 0.6 is 0 Å². The van der Waals surface area contributed by atoms with E-state index in [-0.39, 0.29) is 28.1 Å². The molecule has 10 nitrogen and oxygen atoms in total. The molecule has 1 heterocycles. The van der Waals surface area contributed by atoms with Gasteiger partial charge in [-0.3, -0.25) is 14.9 Å². The molecule has 2 N–H and O–H groups in total. The molecular formula is C22H29N5O5S. The van der Waals surface area contributed by atoms with E-state index in [4.69, 9.17) is 0 Å². The third-order valence-corrected chi connectivity index (χ3v) is 7.20. The van der Waals surface area contributed by atoms with Gasteiger partial charge in [0.25, 0.3) is 5.69 Å². The number of likely N-dealkylation sites (N-methyl/N-ethyl adjacent to an activating group) is 1. The number of nitro groups is 1. The first-order valence-electron chi connectivity index (χ1n) is 10.7. The fourth-order valence-corrected chi connectivity index (χ4v) is 4.92. The number of nitrogens with zero attached hydrogens (tertiary/aromatic N) is 3. The molecule has 0 spiro atoms. The molecule has 1 saturated heterocycles. The van der Waals surface area contributed by atoms with Gasteiger partial charge < -0.3 is 15.5 Å². The highest BCUT2D eigenvalue weighted by atomic mass is 32.2. The standard InChI is InChI=1S/C22H29N5O5S/c1-16(2)14-22(28)24-18-6-4-17(5-7-18)23-20-9-8-19(15-21(20)27(29)30)33(31,32)26-12-10-25(3)11-13-26/h4-9,15-16,23H,10-14H2,1-3H3,(H,24,28). The molecule has 1 fully saturated rings. The Balaban J connectivity index is 1.77. The van der Waals surface area contributed by atoms with Crippen molar-refractivity contribution in [2.24, 2.45) is 5.92 Å². The number of carbonyl (C=O) groups is 1. The number of carbonyl (C=O) groups excluding carboxylic acids is 1. The Bertz CT molecular complexity index is 1110. The molecule has 178 valence electrons. The maximum absolute atomic E-state index is 13.0. The Morgan fingerprint density at radius 1 is 1.06 bits per heavy atom. The van der Waals surface area contributed by atoms with Crippen molar-refractivity contribution in [2.75, 3.05) is 43.9 Å². The number of piperazine rings is 1. The van der Waals surface area contributed by atoms with Crippen molar-refractivity contribution < 1.29 is 18.1 Å². The van der Waals surface area contributed by atoms with Crippen molar-refractivity contribution in [2.45, 2.75) is 25.2 Å². The van der Waals surface area contributed by atoms with Gasteiger partial charge in [0.15, 0.2) is 0 Å². The van der Waals surface area contributed by atoms with E-state index < -0.39 is 14.9 Å². The Morgan fingerprint density at radius 2 is 1.67 bits per heavy atom. The summed E-state index contributed by atoms with van der Waals surface area (Å²) in [5.41, 5.74) is 1.03. The van der Waals surface area contributed by atoms with E-state index in [0.717, 1.165) is 6.07 Å². The molecular weight excluding hydrogens is 446 g/mol. The van der Waals surface area contributed by atoms with Gasteiger partial charge in [-0.2, -0.15) is 4.31 Å². The van der Waals surface area contributed by atoms with Crippen molar-refractivity contribution in [1.29, 1.82) is 0 Å². The Morgan fingerprint density at radius 3 is 2.24 bits per heavy atom. The minimum Gasteiger partial charge on any atom is -0.350 e. The molecule has 0 aromatic heterocycles. The van der Waals surface area contributed by atoms with Crippen molar-refractivity contribution in [3.63, 3.8) is 0 Å². The molecule has 2 aromatic carbocycles. The molecule has 11 heteroatoms. The number of amides is 1. The summed E-state index contributed by atoms with van der Waals surface area (Å²) in [6.07, 6.45) is 0.412. The first-order chi connectivity index (χ1) is 15.6. The fraction of sp³-hybridized carbons (Fsp3) is 0.409. The lowest BCUT2D eigenvalue weighted by atomic mass is 10.1. The first-order valence-corrected chi connectivity index (χ1v) is 12.1. The second-order valence-electron chi connectivity index (χ2n) is 8.49. The number of rotatable bonds is 8. The van der Waals surface area contributed by atoms with Crippen molar-refractivity contribution >= 4 is 38.7 Å². The summed E-state index contributed by atoms with van der Waals surface area (Å²) in [6.45, 7) is 5.81. The third-order valence-electron chi connectivity index (χ3n) is 5.31. The number of hydrogen-bond donors (Lipinski definition) is 2. The maximum Gasteiger partial charge on any atom is 0.294 e. The molecule has 3 rings (SSSR count). The maximum atomic E-state index is 13.0. The molecule has 0 atom stereocenters. The van der Waals surface area contributed by atoms with Gasteiger partial charge in [-0.05, 0) is 49.4 Å². The van der Waals surface area contributed by atoms with Crippen molar-refractivity contribution in [3.05, 3.63) is 52.6 Å². The molecule has 0 saturated carbocycles. The van der Waals surface area contributed by atoms with E-state index >= 15 is 0 Å². The zero-order valence-corrected chi connectivity index (χ0v) is 19.8. The molecule has 1 aliphatic heterocycles. The predicted octanol–water partition coefficient (Wildman–Crippen LogP) is 3.26. The van der Waals surface area contributed by atoms with Gasteiger partial charge in [0, 0.05) is 50.0 Å². The van der Waals surface area contributed by atoms with E-state index in [1.165, 1.54) is 16.4 Å². The summed E-state index contributed by atoms with van der Waals surface area (Å²) in [4.78, 5) is 24.9. The normalized spacial score (nSPS) is 15.4. The van der Waals surface area contributed by atoms with Crippen LogP contribution in [0.15, 0.2) is 47.4 Å². The SMILES string of the molecule is CC(C)CC(=O)Nc1ccc(Nc2ccc(S(=O)(=O)N3CCN(C)CC3)cc2[N+](=O)[O-])cc1. The molecule has 1 amide bonds. The van der Waals surface area contributed by atoms with Crippen LogP contribution in [0.25, 0.3) is 0 Å². The van der Waals surface area contributed by atoms with Gasteiger partial charge in [0.2, 0.25) is 15.9 Å². The van der Waals surface area contributed by atoms with Crippen LogP contribution in [0, 0.1) is 16.0 Å². The lowest BCUT2D eigenvalue weighted by molar-refractivity contribution is -0.384. The number of anilines is 3. The molecule has 0 aliphatic carbocycles. The molecule has 2 aromatic rings. The van der Waals surface area contributed by atoms with E-state index in [1.807, 2.05) is 25.8 Å². The predicted molar refractivity (Wildman–Crippen MR) is 127 cm³/mol. The quantitative estimate of drug-likeness (QED) is 0.443. The summed E-state index contributed by atoms with van der Waals surface area (Å²) >= 11 is 0. The smallest absolute Gasteiger partial charge is 0.294 e. The zero-order valence-electron chi connectivity index (χ0n) is 18.9. The Labute approximate surface area is 193 Å².